The summed E-state index contributed by atoms with van der Waals surface area (Å²) in [5, 5.41) is 0. The first-order chi connectivity index (χ1) is 8.44. The number of nitrogens with zero attached hydrogens (tertiary/aromatic N) is 1. The minimum Gasteiger partial charge on any atom is -0.371 e. The second-order valence-electron chi connectivity index (χ2n) is 4.70. The molecule has 0 radical (unpaired) electrons. The highest BCUT2D eigenvalue weighted by Crippen LogP contribution is 2.25. The van der Waals surface area contributed by atoms with Crippen molar-refractivity contribution < 1.29 is 8.42 Å². The Labute approximate surface area is 117 Å². The molecule has 0 amide bonds. The number of rotatable bonds is 4. The van der Waals surface area contributed by atoms with Crippen LogP contribution in [0.3, 0.4) is 0 Å². The van der Waals surface area contributed by atoms with Crippen LogP contribution in [-0.2, 0) is 10.0 Å². The summed E-state index contributed by atoms with van der Waals surface area (Å²) in [6.45, 7) is 2.41. The smallest absolute Gasteiger partial charge is 0.208 e. The predicted molar refractivity (Wildman–Crippen MR) is 77.3 cm³/mol. The van der Waals surface area contributed by atoms with Crippen molar-refractivity contribution in [3.05, 3.63) is 28.7 Å². The van der Waals surface area contributed by atoms with Gasteiger partial charge in [0.15, 0.2) is 0 Å². The molecule has 1 atom stereocenters. The second kappa shape index (κ2) is 5.59. The van der Waals surface area contributed by atoms with Crippen molar-refractivity contribution in [3.63, 3.8) is 0 Å². The molecule has 1 aromatic carbocycles. The molecule has 0 saturated carbocycles. The third-order valence-electron chi connectivity index (χ3n) is 3.09. The monoisotopic (exact) mass is 332 g/mol. The lowest BCUT2D eigenvalue weighted by Crippen LogP contribution is -2.30. The number of halogens is 1. The SMILES string of the molecule is CS(=O)(=O)NC[C@H]1CCN(c2cccc(Br)c2)C1. The normalized spacial score (nSPS) is 20.3. The van der Waals surface area contributed by atoms with E-state index in [0.29, 0.717) is 12.5 Å². The summed E-state index contributed by atoms with van der Waals surface area (Å²) in [5.41, 5.74) is 1.19. The number of hydrogen-bond donors (Lipinski definition) is 1. The third kappa shape index (κ3) is 3.96. The summed E-state index contributed by atoms with van der Waals surface area (Å²) in [6, 6.07) is 8.19. The van der Waals surface area contributed by atoms with Gasteiger partial charge >= 0.3 is 0 Å². The standard InChI is InChI=1S/C12H17BrN2O2S/c1-18(16,17)14-8-10-5-6-15(9-10)12-4-2-3-11(13)7-12/h2-4,7,10,14H,5-6,8-9H2,1H3/t10-/m1/s1. The van der Waals surface area contributed by atoms with Crippen LogP contribution < -0.4 is 9.62 Å². The van der Waals surface area contributed by atoms with Gasteiger partial charge in [-0.1, -0.05) is 22.0 Å². The summed E-state index contributed by atoms with van der Waals surface area (Å²) in [7, 11) is -3.08. The molecule has 6 heteroatoms. The maximum absolute atomic E-state index is 11.1. The first-order valence-corrected chi connectivity index (χ1v) is 8.57. The zero-order chi connectivity index (χ0) is 13.2. The second-order valence-corrected chi connectivity index (χ2v) is 7.45. The molecule has 0 unspecified atom stereocenters. The molecule has 1 heterocycles. The van der Waals surface area contributed by atoms with E-state index >= 15 is 0 Å². The minimum absolute atomic E-state index is 0.388. The van der Waals surface area contributed by atoms with Crippen LogP contribution in [0.25, 0.3) is 0 Å². The van der Waals surface area contributed by atoms with Gasteiger partial charge in [0.2, 0.25) is 10.0 Å². The molecule has 0 bridgehead atoms. The van der Waals surface area contributed by atoms with Crippen LogP contribution in [0, 0.1) is 5.92 Å². The Hall–Kier alpha value is -0.590. The zero-order valence-electron chi connectivity index (χ0n) is 10.3. The quantitative estimate of drug-likeness (QED) is 0.915. The molecule has 0 aromatic heterocycles. The van der Waals surface area contributed by atoms with Gasteiger partial charge in [-0.05, 0) is 30.5 Å². The Bertz CT molecular complexity index is 519. The molecule has 4 nitrogen and oxygen atoms in total. The molecule has 1 aliphatic heterocycles. The molecule has 1 fully saturated rings. The van der Waals surface area contributed by atoms with Crippen molar-refractivity contribution in [1.82, 2.24) is 4.72 Å². The molecule has 100 valence electrons. The summed E-state index contributed by atoms with van der Waals surface area (Å²) < 4.78 is 25.8. The van der Waals surface area contributed by atoms with E-state index in [9.17, 15) is 8.42 Å². The van der Waals surface area contributed by atoms with Gasteiger partial charge in [0.25, 0.3) is 0 Å². The van der Waals surface area contributed by atoms with Crippen LogP contribution in [0.4, 0.5) is 5.69 Å². The molecular formula is C12H17BrN2O2S. The van der Waals surface area contributed by atoms with Crippen LogP contribution in [0.15, 0.2) is 28.7 Å². The predicted octanol–water partition coefficient (Wildman–Crippen LogP) is 1.82. The van der Waals surface area contributed by atoms with E-state index in [1.165, 1.54) is 11.9 Å². The Balaban J connectivity index is 1.92. The van der Waals surface area contributed by atoms with Crippen LogP contribution >= 0.6 is 15.9 Å². The highest BCUT2D eigenvalue weighted by atomic mass is 79.9. The van der Waals surface area contributed by atoms with Crippen LogP contribution in [0.5, 0.6) is 0 Å². The van der Waals surface area contributed by atoms with Crippen molar-refractivity contribution in [2.45, 2.75) is 6.42 Å². The number of anilines is 1. The van der Waals surface area contributed by atoms with E-state index < -0.39 is 10.0 Å². The fraction of sp³-hybridized carbons (Fsp3) is 0.500. The van der Waals surface area contributed by atoms with Gasteiger partial charge < -0.3 is 4.90 Å². The largest absolute Gasteiger partial charge is 0.371 e. The van der Waals surface area contributed by atoms with E-state index in [-0.39, 0.29) is 0 Å². The van der Waals surface area contributed by atoms with Crippen molar-refractivity contribution in [3.8, 4) is 0 Å². The van der Waals surface area contributed by atoms with Gasteiger partial charge in [-0.2, -0.15) is 0 Å². The lowest BCUT2D eigenvalue weighted by Gasteiger charge is -2.19. The Morgan fingerprint density at radius 3 is 2.94 bits per heavy atom. The Kier molecular flexibility index (Phi) is 4.29. The molecule has 1 N–H and O–H groups in total. The molecule has 1 aliphatic rings. The summed E-state index contributed by atoms with van der Waals surface area (Å²) in [4.78, 5) is 2.29. The fourth-order valence-electron chi connectivity index (χ4n) is 2.18. The van der Waals surface area contributed by atoms with E-state index in [2.05, 4.69) is 37.7 Å². The van der Waals surface area contributed by atoms with Gasteiger partial charge in [0, 0.05) is 29.8 Å². The first kappa shape index (κ1) is 13.8. The van der Waals surface area contributed by atoms with Gasteiger partial charge in [0.1, 0.15) is 0 Å². The number of sulfonamides is 1. The van der Waals surface area contributed by atoms with Gasteiger partial charge in [-0.3, -0.25) is 0 Å². The molecule has 18 heavy (non-hydrogen) atoms. The Morgan fingerprint density at radius 2 is 2.28 bits per heavy atom. The van der Waals surface area contributed by atoms with Crippen molar-refractivity contribution in [2.75, 3.05) is 30.8 Å². The van der Waals surface area contributed by atoms with E-state index in [1.807, 2.05) is 12.1 Å². The van der Waals surface area contributed by atoms with E-state index in [4.69, 9.17) is 0 Å². The molecule has 1 aromatic rings. The summed E-state index contributed by atoms with van der Waals surface area (Å²) in [5.74, 6) is 0.388. The molecule has 2 rings (SSSR count). The maximum Gasteiger partial charge on any atom is 0.208 e. The third-order valence-corrected chi connectivity index (χ3v) is 4.28. The van der Waals surface area contributed by atoms with Crippen molar-refractivity contribution in [1.29, 1.82) is 0 Å². The highest BCUT2D eigenvalue weighted by molar-refractivity contribution is 9.10. The maximum atomic E-state index is 11.1. The van der Waals surface area contributed by atoms with Crippen LogP contribution in [0.2, 0.25) is 0 Å². The average Bonchev–Trinajstić information content (AvgIpc) is 2.74. The fourth-order valence-corrected chi connectivity index (χ4v) is 3.10. The topological polar surface area (TPSA) is 49.4 Å². The summed E-state index contributed by atoms with van der Waals surface area (Å²) in [6.07, 6.45) is 2.23. The van der Waals surface area contributed by atoms with Crippen molar-refractivity contribution in [2.24, 2.45) is 5.92 Å². The highest BCUT2D eigenvalue weighted by Gasteiger charge is 2.23. The van der Waals surface area contributed by atoms with Gasteiger partial charge in [0.05, 0.1) is 6.26 Å². The average molecular weight is 333 g/mol. The van der Waals surface area contributed by atoms with Crippen LogP contribution in [-0.4, -0.2) is 34.3 Å². The van der Waals surface area contributed by atoms with Gasteiger partial charge in [-0.25, -0.2) is 13.1 Å². The minimum atomic E-state index is -3.08. The first-order valence-electron chi connectivity index (χ1n) is 5.89. The van der Waals surface area contributed by atoms with Crippen molar-refractivity contribution >= 4 is 31.6 Å². The van der Waals surface area contributed by atoms with Crippen LogP contribution in [0.1, 0.15) is 6.42 Å². The Morgan fingerprint density at radius 1 is 1.50 bits per heavy atom. The molecule has 1 saturated heterocycles. The molecule has 0 spiro atoms. The number of hydrogen-bond acceptors (Lipinski definition) is 3. The number of nitrogens with one attached hydrogen (secondary N) is 1. The zero-order valence-corrected chi connectivity index (χ0v) is 12.7. The lowest BCUT2D eigenvalue weighted by atomic mass is 10.1. The van der Waals surface area contributed by atoms with Gasteiger partial charge in [-0.15, -0.1) is 0 Å². The van der Waals surface area contributed by atoms with E-state index in [1.54, 1.807) is 0 Å². The molecular weight excluding hydrogens is 316 g/mol. The number of benzene rings is 1. The molecule has 0 aliphatic carbocycles. The lowest BCUT2D eigenvalue weighted by molar-refractivity contribution is 0.545. The van der Waals surface area contributed by atoms with E-state index in [0.717, 1.165) is 24.0 Å². The summed E-state index contributed by atoms with van der Waals surface area (Å²) >= 11 is 3.46.